The molecule has 0 spiro atoms. The monoisotopic (exact) mass is 194 g/mol. The molecule has 2 rings (SSSR count). The molecule has 0 aliphatic rings. The zero-order valence-corrected chi connectivity index (χ0v) is 8.14. The largest absolute Gasteiger partial charge is 0.460 e. The first-order valence-electron chi connectivity index (χ1n) is 4.03. The minimum absolute atomic E-state index is 0.495. The Hall–Kier alpha value is -1.09. The van der Waals surface area contributed by atoms with E-state index < -0.39 is 10.8 Å². The first kappa shape index (κ1) is 8.51. The molecule has 0 N–H and O–H groups in total. The number of para-hydroxylation sites is 1. The van der Waals surface area contributed by atoms with Crippen LogP contribution in [0, 0.1) is 0 Å². The van der Waals surface area contributed by atoms with Gasteiger partial charge in [0.05, 0.1) is 5.75 Å². The molecule has 0 aliphatic carbocycles. The highest BCUT2D eigenvalue weighted by Crippen LogP contribution is 2.19. The van der Waals surface area contributed by atoms with Crippen LogP contribution in [-0.4, -0.2) is 10.5 Å². The predicted molar refractivity (Wildman–Crippen MR) is 54.0 cm³/mol. The third kappa shape index (κ3) is 1.80. The van der Waals surface area contributed by atoms with Crippen molar-refractivity contribution in [2.24, 2.45) is 0 Å². The summed E-state index contributed by atoms with van der Waals surface area (Å²) < 4.78 is 16.4. The molecular weight excluding hydrogens is 184 g/mol. The second-order valence-electron chi connectivity index (χ2n) is 2.97. The first-order valence-corrected chi connectivity index (χ1v) is 5.76. The molecule has 1 aromatic carbocycles. The molecule has 0 aliphatic heterocycles. The van der Waals surface area contributed by atoms with E-state index in [4.69, 9.17) is 4.42 Å². The highest BCUT2D eigenvalue weighted by Gasteiger charge is 2.03. The van der Waals surface area contributed by atoms with Gasteiger partial charge < -0.3 is 4.42 Å². The van der Waals surface area contributed by atoms with E-state index in [0.29, 0.717) is 5.75 Å². The molecule has 2 nitrogen and oxygen atoms in total. The van der Waals surface area contributed by atoms with Crippen LogP contribution in [-0.2, 0) is 16.6 Å². The van der Waals surface area contributed by atoms with Crippen molar-refractivity contribution < 1.29 is 8.63 Å². The van der Waals surface area contributed by atoms with Gasteiger partial charge >= 0.3 is 0 Å². The highest BCUT2D eigenvalue weighted by atomic mass is 32.2. The normalized spacial score (nSPS) is 13.3. The van der Waals surface area contributed by atoms with Crippen molar-refractivity contribution >= 4 is 21.8 Å². The Balaban J connectivity index is 2.44. The maximum absolute atomic E-state index is 10.9. The molecule has 1 aromatic heterocycles. The Morgan fingerprint density at radius 2 is 2.15 bits per heavy atom. The van der Waals surface area contributed by atoms with E-state index in [9.17, 15) is 4.21 Å². The summed E-state index contributed by atoms with van der Waals surface area (Å²) in [7, 11) is -0.837. The summed E-state index contributed by atoms with van der Waals surface area (Å²) in [6, 6.07) is 9.73. The van der Waals surface area contributed by atoms with Gasteiger partial charge in [-0.3, -0.25) is 4.21 Å². The van der Waals surface area contributed by atoms with Gasteiger partial charge in [-0.15, -0.1) is 0 Å². The van der Waals surface area contributed by atoms with E-state index in [2.05, 4.69) is 0 Å². The Bertz CT molecular complexity index is 412. The van der Waals surface area contributed by atoms with Crippen molar-refractivity contribution in [3.63, 3.8) is 0 Å². The van der Waals surface area contributed by atoms with Gasteiger partial charge in [-0.1, -0.05) is 18.2 Å². The summed E-state index contributed by atoms with van der Waals surface area (Å²) >= 11 is 0. The number of hydrogen-bond acceptors (Lipinski definition) is 2. The molecular formula is C10H10O2S. The van der Waals surface area contributed by atoms with Gasteiger partial charge in [-0.25, -0.2) is 0 Å². The third-order valence-electron chi connectivity index (χ3n) is 1.82. The lowest BCUT2D eigenvalue weighted by atomic mass is 10.2. The van der Waals surface area contributed by atoms with Crippen LogP contribution in [0.1, 0.15) is 5.76 Å². The Kier molecular flexibility index (Phi) is 2.19. The van der Waals surface area contributed by atoms with Crippen molar-refractivity contribution in [1.82, 2.24) is 0 Å². The first-order chi connectivity index (χ1) is 6.25. The van der Waals surface area contributed by atoms with Gasteiger partial charge in [0.1, 0.15) is 11.3 Å². The van der Waals surface area contributed by atoms with Crippen LogP contribution < -0.4 is 0 Å². The molecule has 3 heteroatoms. The Morgan fingerprint density at radius 1 is 1.38 bits per heavy atom. The lowest BCUT2D eigenvalue weighted by Gasteiger charge is -1.88. The van der Waals surface area contributed by atoms with Crippen molar-refractivity contribution in [3.8, 4) is 0 Å². The van der Waals surface area contributed by atoms with Gasteiger partial charge in [-0.05, 0) is 12.1 Å². The second kappa shape index (κ2) is 3.34. The topological polar surface area (TPSA) is 30.2 Å². The molecule has 13 heavy (non-hydrogen) atoms. The van der Waals surface area contributed by atoms with E-state index >= 15 is 0 Å². The van der Waals surface area contributed by atoms with E-state index in [1.807, 2.05) is 30.3 Å². The van der Waals surface area contributed by atoms with E-state index in [-0.39, 0.29) is 0 Å². The standard InChI is InChI=1S/C10H10O2S/c1-13(11)7-9-6-8-4-2-3-5-10(8)12-9/h2-6H,7H2,1H3. The summed E-state index contributed by atoms with van der Waals surface area (Å²) in [4.78, 5) is 0. The minimum Gasteiger partial charge on any atom is -0.460 e. The third-order valence-corrected chi connectivity index (χ3v) is 2.51. The van der Waals surface area contributed by atoms with Gasteiger partial charge in [-0.2, -0.15) is 0 Å². The quantitative estimate of drug-likeness (QED) is 0.734. The van der Waals surface area contributed by atoms with Gasteiger partial charge in [0.2, 0.25) is 0 Å². The van der Waals surface area contributed by atoms with Crippen LogP contribution in [0.5, 0.6) is 0 Å². The fourth-order valence-corrected chi connectivity index (χ4v) is 1.85. The molecule has 0 bridgehead atoms. The minimum atomic E-state index is -0.837. The fraction of sp³-hybridized carbons (Fsp3) is 0.200. The molecule has 1 heterocycles. The lowest BCUT2D eigenvalue weighted by Crippen LogP contribution is -1.88. The highest BCUT2D eigenvalue weighted by molar-refractivity contribution is 7.83. The predicted octanol–water partition coefficient (Wildman–Crippen LogP) is 2.31. The van der Waals surface area contributed by atoms with Gasteiger partial charge in [0.25, 0.3) is 0 Å². The summed E-state index contributed by atoms with van der Waals surface area (Å²) in [6.07, 6.45) is 1.67. The van der Waals surface area contributed by atoms with Crippen LogP contribution in [0.3, 0.4) is 0 Å². The molecule has 0 amide bonds. The SMILES string of the molecule is CS(=O)Cc1cc2ccccc2o1. The molecule has 0 saturated heterocycles. The van der Waals surface area contributed by atoms with Gasteiger partial charge in [0.15, 0.2) is 0 Å². The number of benzene rings is 1. The summed E-state index contributed by atoms with van der Waals surface area (Å²) in [6.45, 7) is 0. The Labute approximate surface area is 79.0 Å². The van der Waals surface area contributed by atoms with Crippen LogP contribution in [0.2, 0.25) is 0 Å². The number of furan rings is 1. The summed E-state index contributed by atoms with van der Waals surface area (Å²) in [5.74, 6) is 1.29. The summed E-state index contributed by atoms with van der Waals surface area (Å²) in [5, 5.41) is 1.07. The van der Waals surface area contributed by atoms with E-state index in [1.165, 1.54) is 0 Å². The molecule has 1 unspecified atom stereocenters. The van der Waals surface area contributed by atoms with Crippen LogP contribution in [0.4, 0.5) is 0 Å². The van der Waals surface area contributed by atoms with Crippen LogP contribution in [0.25, 0.3) is 11.0 Å². The number of hydrogen-bond donors (Lipinski definition) is 0. The van der Waals surface area contributed by atoms with Crippen molar-refractivity contribution in [2.75, 3.05) is 6.26 Å². The summed E-state index contributed by atoms with van der Waals surface area (Å²) in [5.41, 5.74) is 0.864. The number of rotatable bonds is 2. The molecule has 0 radical (unpaired) electrons. The van der Waals surface area contributed by atoms with Crippen LogP contribution >= 0.6 is 0 Å². The zero-order valence-electron chi connectivity index (χ0n) is 7.32. The van der Waals surface area contributed by atoms with Gasteiger partial charge in [0, 0.05) is 22.4 Å². The van der Waals surface area contributed by atoms with Crippen molar-refractivity contribution in [3.05, 3.63) is 36.1 Å². The average molecular weight is 194 g/mol. The maximum Gasteiger partial charge on any atom is 0.134 e. The zero-order chi connectivity index (χ0) is 9.26. The number of fused-ring (bicyclic) bond motifs is 1. The van der Waals surface area contributed by atoms with E-state index in [1.54, 1.807) is 6.26 Å². The Morgan fingerprint density at radius 3 is 2.85 bits per heavy atom. The molecule has 0 saturated carbocycles. The molecule has 68 valence electrons. The van der Waals surface area contributed by atoms with E-state index in [0.717, 1.165) is 16.7 Å². The average Bonchev–Trinajstić information content (AvgIpc) is 2.44. The molecule has 2 aromatic rings. The molecule has 0 fully saturated rings. The fourth-order valence-electron chi connectivity index (χ4n) is 1.31. The smallest absolute Gasteiger partial charge is 0.134 e. The molecule has 1 atom stereocenters. The second-order valence-corrected chi connectivity index (χ2v) is 4.40. The maximum atomic E-state index is 10.9. The van der Waals surface area contributed by atoms with Crippen LogP contribution in [0.15, 0.2) is 34.7 Å². The lowest BCUT2D eigenvalue weighted by molar-refractivity contribution is 0.570. The van der Waals surface area contributed by atoms with Crippen molar-refractivity contribution in [1.29, 1.82) is 0 Å². The van der Waals surface area contributed by atoms with Crippen molar-refractivity contribution in [2.45, 2.75) is 5.75 Å².